The van der Waals surface area contributed by atoms with Gasteiger partial charge < -0.3 is 19.9 Å². The number of anilines is 1. The Hall–Kier alpha value is -3.26. The first-order valence-electron chi connectivity index (χ1n) is 9.67. The van der Waals surface area contributed by atoms with Crippen LogP contribution in [0.1, 0.15) is 34.7 Å². The summed E-state index contributed by atoms with van der Waals surface area (Å²) in [7, 11) is 0. The molecule has 2 N–H and O–H groups in total. The maximum absolute atomic E-state index is 12.3. The highest BCUT2D eigenvalue weighted by Gasteiger charge is 2.18. The van der Waals surface area contributed by atoms with Gasteiger partial charge in [-0.1, -0.05) is 35.5 Å². The maximum Gasteiger partial charge on any atom is 0.272 e. The molecule has 3 heterocycles. The Morgan fingerprint density at radius 2 is 1.90 bits per heavy atom. The van der Waals surface area contributed by atoms with Crippen LogP contribution in [0, 0.1) is 6.92 Å². The number of aromatic nitrogens is 3. The van der Waals surface area contributed by atoms with Gasteiger partial charge in [0, 0.05) is 36.9 Å². The van der Waals surface area contributed by atoms with Crippen molar-refractivity contribution < 1.29 is 14.1 Å². The van der Waals surface area contributed by atoms with Crippen LogP contribution in [0.15, 0.2) is 47.0 Å². The van der Waals surface area contributed by atoms with Gasteiger partial charge in [0.25, 0.3) is 5.91 Å². The lowest BCUT2D eigenvalue weighted by Crippen LogP contribution is -2.39. The van der Waals surface area contributed by atoms with Crippen molar-refractivity contribution in [1.82, 2.24) is 20.7 Å². The van der Waals surface area contributed by atoms with Crippen molar-refractivity contribution in [3.8, 4) is 11.3 Å². The number of ether oxygens (including phenoxy) is 1. The molecule has 1 aliphatic rings. The lowest BCUT2D eigenvalue weighted by Gasteiger charge is -2.22. The quantitative estimate of drug-likeness (QED) is 0.664. The van der Waals surface area contributed by atoms with Gasteiger partial charge in [0.2, 0.25) is 0 Å². The molecule has 1 aliphatic heterocycles. The fourth-order valence-electron chi connectivity index (χ4n) is 3.25. The first-order chi connectivity index (χ1) is 14.2. The molecule has 0 saturated carbocycles. The van der Waals surface area contributed by atoms with Crippen LogP contribution < -0.4 is 10.6 Å². The van der Waals surface area contributed by atoms with Gasteiger partial charge in [0.15, 0.2) is 5.69 Å². The zero-order valence-electron chi connectivity index (χ0n) is 16.2. The van der Waals surface area contributed by atoms with E-state index in [9.17, 15) is 4.79 Å². The molecule has 8 heteroatoms. The molecule has 3 aromatic rings. The largest absolute Gasteiger partial charge is 0.381 e. The standard InChI is InChI=1S/C21H23N5O3/c1-14-17(20(26-29-14)15-5-3-2-4-6-15)13-22-19-8-7-18(24-25-19)21(27)23-16-9-11-28-12-10-16/h2-8,16H,9-13H2,1H3,(H,22,25)(H,23,27). The first-order valence-corrected chi connectivity index (χ1v) is 9.67. The molecule has 150 valence electrons. The van der Waals surface area contributed by atoms with Crippen LogP contribution in [0.2, 0.25) is 0 Å². The molecule has 0 spiro atoms. The number of benzene rings is 1. The average molecular weight is 393 g/mol. The van der Waals surface area contributed by atoms with Crippen LogP contribution in [0.25, 0.3) is 11.3 Å². The second-order valence-electron chi connectivity index (χ2n) is 6.95. The SMILES string of the molecule is Cc1onc(-c2ccccc2)c1CNc1ccc(C(=O)NC2CCOCC2)nn1. The summed E-state index contributed by atoms with van der Waals surface area (Å²) in [4.78, 5) is 12.3. The summed E-state index contributed by atoms with van der Waals surface area (Å²) in [5.41, 5.74) is 3.05. The highest BCUT2D eigenvalue weighted by molar-refractivity contribution is 5.92. The fraction of sp³-hybridized carbons (Fsp3) is 0.333. The molecule has 29 heavy (non-hydrogen) atoms. The normalized spacial score (nSPS) is 14.5. The number of nitrogens with one attached hydrogen (secondary N) is 2. The van der Waals surface area contributed by atoms with E-state index in [2.05, 4.69) is 26.0 Å². The number of hydrogen-bond donors (Lipinski definition) is 2. The zero-order chi connectivity index (χ0) is 20.1. The van der Waals surface area contributed by atoms with Crippen molar-refractivity contribution in [2.75, 3.05) is 18.5 Å². The van der Waals surface area contributed by atoms with Crippen molar-refractivity contribution in [1.29, 1.82) is 0 Å². The minimum atomic E-state index is -0.211. The molecule has 1 fully saturated rings. The highest BCUT2D eigenvalue weighted by atomic mass is 16.5. The number of nitrogens with zero attached hydrogens (tertiary/aromatic N) is 3. The molecular weight excluding hydrogens is 370 g/mol. The fourth-order valence-corrected chi connectivity index (χ4v) is 3.25. The van der Waals surface area contributed by atoms with Crippen molar-refractivity contribution in [3.63, 3.8) is 0 Å². The topological polar surface area (TPSA) is 102 Å². The Morgan fingerprint density at radius 3 is 2.62 bits per heavy atom. The summed E-state index contributed by atoms with van der Waals surface area (Å²) >= 11 is 0. The van der Waals surface area contributed by atoms with Crippen molar-refractivity contribution in [3.05, 3.63) is 59.5 Å². The van der Waals surface area contributed by atoms with E-state index in [1.165, 1.54) is 0 Å². The molecule has 0 radical (unpaired) electrons. The minimum absolute atomic E-state index is 0.129. The molecule has 0 aliphatic carbocycles. The summed E-state index contributed by atoms with van der Waals surface area (Å²) in [5.74, 6) is 1.11. The zero-order valence-corrected chi connectivity index (χ0v) is 16.2. The van der Waals surface area contributed by atoms with E-state index in [0.717, 1.165) is 35.4 Å². The van der Waals surface area contributed by atoms with Gasteiger partial charge in [-0.3, -0.25) is 4.79 Å². The molecule has 0 unspecified atom stereocenters. The third-order valence-electron chi connectivity index (χ3n) is 4.93. The molecule has 1 aromatic carbocycles. The van der Waals surface area contributed by atoms with Gasteiger partial charge in [-0.15, -0.1) is 10.2 Å². The predicted octanol–water partition coefficient (Wildman–Crippen LogP) is 2.96. The Bertz CT molecular complexity index is 950. The molecular formula is C21H23N5O3. The van der Waals surface area contributed by atoms with E-state index in [-0.39, 0.29) is 11.9 Å². The number of aryl methyl sites for hydroxylation is 1. The summed E-state index contributed by atoms with van der Waals surface area (Å²) < 4.78 is 10.7. The van der Waals surface area contributed by atoms with E-state index in [1.54, 1.807) is 12.1 Å². The lowest BCUT2D eigenvalue weighted by molar-refractivity contribution is 0.0693. The Labute approximate surface area is 168 Å². The van der Waals surface area contributed by atoms with Crippen molar-refractivity contribution in [2.24, 2.45) is 0 Å². The molecule has 0 bridgehead atoms. The second-order valence-corrected chi connectivity index (χ2v) is 6.95. The van der Waals surface area contributed by atoms with Crippen LogP contribution in [-0.2, 0) is 11.3 Å². The Balaban J connectivity index is 1.39. The smallest absolute Gasteiger partial charge is 0.272 e. The van der Waals surface area contributed by atoms with Crippen LogP contribution in [0.4, 0.5) is 5.82 Å². The Morgan fingerprint density at radius 1 is 1.10 bits per heavy atom. The van der Waals surface area contributed by atoms with Crippen molar-refractivity contribution in [2.45, 2.75) is 32.4 Å². The van der Waals surface area contributed by atoms with Crippen LogP contribution >= 0.6 is 0 Å². The summed E-state index contributed by atoms with van der Waals surface area (Å²) in [6, 6.07) is 13.4. The second kappa shape index (κ2) is 8.83. The van der Waals surface area contributed by atoms with E-state index in [0.29, 0.717) is 31.3 Å². The van der Waals surface area contributed by atoms with Crippen molar-refractivity contribution >= 4 is 11.7 Å². The van der Waals surface area contributed by atoms with E-state index in [4.69, 9.17) is 9.26 Å². The van der Waals surface area contributed by atoms with E-state index in [1.807, 2.05) is 37.3 Å². The van der Waals surface area contributed by atoms with E-state index < -0.39 is 0 Å². The Kier molecular flexibility index (Phi) is 5.81. The first kappa shape index (κ1) is 19.1. The minimum Gasteiger partial charge on any atom is -0.381 e. The molecule has 1 saturated heterocycles. The molecule has 8 nitrogen and oxygen atoms in total. The van der Waals surface area contributed by atoms with Gasteiger partial charge >= 0.3 is 0 Å². The third-order valence-corrected chi connectivity index (χ3v) is 4.93. The maximum atomic E-state index is 12.3. The van der Waals surface area contributed by atoms with Gasteiger partial charge in [0.05, 0.1) is 0 Å². The predicted molar refractivity (Wildman–Crippen MR) is 107 cm³/mol. The highest BCUT2D eigenvalue weighted by Crippen LogP contribution is 2.25. The monoisotopic (exact) mass is 393 g/mol. The number of carbonyl (C=O) groups excluding carboxylic acids is 1. The average Bonchev–Trinajstić information content (AvgIpc) is 3.14. The van der Waals surface area contributed by atoms with Crippen LogP contribution in [-0.4, -0.2) is 40.5 Å². The summed E-state index contributed by atoms with van der Waals surface area (Å²) in [5, 5.41) is 18.6. The lowest BCUT2D eigenvalue weighted by atomic mass is 10.1. The summed E-state index contributed by atoms with van der Waals surface area (Å²) in [6.07, 6.45) is 1.64. The molecule has 4 rings (SSSR count). The van der Waals surface area contributed by atoms with Crippen LogP contribution in [0.5, 0.6) is 0 Å². The van der Waals surface area contributed by atoms with E-state index >= 15 is 0 Å². The van der Waals surface area contributed by atoms with Gasteiger partial charge in [-0.05, 0) is 31.9 Å². The molecule has 2 aromatic heterocycles. The van der Waals surface area contributed by atoms with Gasteiger partial charge in [0.1, 0.15) is 17.3 Å². The van der Waals surface area contributed by atoms with Gasteiger partial charge in [-0.25, -0.2) is 0 Å². The third kappa shape index (κ3) is 4.60. The van der Waals surface area contributed by atoms with Gasteiger partial charge in [-0.2, -0.15) is 0 Å². The number of hydrogen-bond acceptors (Lipinski definition) is 7. The molecule has 1 amide bonds. The number of rotatable bonds is 6. The summed E-state index contributed by atoms with van der Waals surface area (Å²) in [6.45, 7) is 3.72. The molecule has 0 atom stereocenters. The number of carbonyl (C=O) groups is 1. The number of amides is 1. The van der Waals surface area contributed by atoms with Crippen LogP contribution in [0.3, 0.4) is 0 Å².